The van der Waals surface area contributed by atoms with E-state index in [0.29, 0.717) is 12.6 Å². The monoisotopic (exact) mass is 273 g/mol. The summed E-state index contributed by atoms with van der Waals surface area (Å²) in [7, 11) is 0. The quantitative estimate of drug-likeness (QED) is 0.926. The van der Waals surface area contributed by atoms with Crippen molar-refractivity contribution in [3.05, 3.63) is 57.8 Å². The molecule has 1 aliphatic rings. The minimum atomic E-state index is -0.399. The molecule has 0 aliphatic carbocycles. The average Bonchev–Trinajstić information content (AvgIpc) is 2.92. The molecule has 3 rings (SSSR count). The number of aliphatic hydroxyl groups excluding tert-OH is 1. The van der Waals surface area contributed by atoms with Crippen LogP contribution in [0.4, 0.5) is 0 Å². The maximum atomic E-state index is 10.4. The van der Waals surface area contributed by atoms with E-state index in [1.54, 1.807) is 0 Å². The van der Waals surface area contributed by atoms with Gasteiger partial charge in [0.05, 0.1) is 6.10 Å². The van der Waals surface area contributed by atoms with Crippen molar-refractivity contribution in [3.63, 3.8) is 0 Å². The van der Waals surface area contributed by atoms with Crippen molar-refractivity contribution in [2.75, 3.05) is 13.1 Å². The Bertz CT molecular complexity index is 537. The van der Waals surface area contributed by atoms with Crippen LogP contribution in [0.2, 0.25) is 0 Å². The highest BCUT2D eigenvalue weighted by Crippen LogP contribution is 2.33. The Labute approximate surface area is 118 Å². The molecule has 3 heteroatoms. The number of hydrogen-bond acceptors (Lipinski definition) is 3. The first-order valence-electron chi connectivity index (χ1n) is 6.79. The lowest BCUT2D eigenvalue weighted by atomic mass is 10.00. The van der Waals surface area contributed by atoms with Gasteiger partial charge in [-0.2, -0.15) is 0 Å². The van der Waals surface area contributed by atoms with Gasteiger partial charge >= 0.3 is 0 Å². The summed E-state index contributed by atoms with van der Waals surface area (Å²) in [6.45, 7) is 3.99. The number of rotatable bonds is 3. The maximum absolute atomic E-state index is 10.4. The second-order valence-electron chi connectivity index (χ2n) is 5.15. The third kappa shape index (κ3) is 2.59. The Morgan fingerprint density at radius 2 is 2.11 bits per heavy atom. The molecular formula is C16H19NOS. The molecule has 2 aromatic rings. The predicted molar refractivity (Wildman–Crippen MR) is 79.4 cm³/mol. The molecule has 2 nitrogen and oxygen atoms in total. The summed E-state index contributed by atoms with van der Waals surface area (Å²) in [5.74, 6) is 0. The average molecular weight is 273 g/mol. The van der Waals surface area contributed by atoms with Crippen LogP contribution in [0.1, 0.15) is 35.1 Å². The van der Waals surface area contributed by atoms with E-state index in [1.165, 1.54) is 10.4 Å². The molecule has 0 unspecified atom stereocenters. The summed E-state index contributed by atoms with van der Waals surface area (Å²) in [5, 5.41) is 12.5. The zero-order chi connectivity index (χ0) is 13.2. The topological polar surface area (TPSA) is 23.5 Å². The third-order valence-electron chi connectivity index (χ3n) is 4.00. The Balaban J connectivity index is 1.71. The maximum Gasteiger partial charge on any atom is 0.0917 e. The normalized spacial score (nSPS) is 21.1. The SMILES string of the molecule is C[C@@H]1c2ccsc2CCN1C[C@H](O)c1ccccc1. The van der Waals surface area contributed by atoms with Gasteiger partial charge in [0.25, 0.3) is 0 Å². The standard InChI is InChI=1S/C16H19NOS/c1-12-14-8-10-19-16(14)7-9-17(12)11-15(18)13-5-3-2-4-6-13/h2-6,8,10,12,15,18H,7,9,11H2,1H3/t12-,15+/m1/s1. The lowest BCUT2D eigenvalue weighted by Gasteiger charge is -2.35. The van der Waals surface area contributed by atoms with E-state index in [4.69, 9.17) is 0 Å². The summed E-state index contributed by atoms with van der Waals surface area (Å²) >= 11 is 1.86. The zero-order valence-corrected chi connectivity index (χ0v) is 11.9. The summed E-state index contributed by atoms with van der Waals surface area (Å²) < 4.78 is 0. The van der Waals surface area contributed by atoms with E-state index < -0.39 is 6.10 Å². The lowest BCUT2D eigenvalue weighted by Crippen LogP contribution is -2.36. The molecule has 1 aliphatic heterocycles. The van der Waals surface area contributed by atoms with Gasteiger partial charge in [-0.15, -0.1) is 11.3 Å². The fraction of sp³-hybridized carbons (Fsp3) is 0.375. The van der Waals surface area contributed by atoms with E-state index in [0.717, 1.165) is 18.5 Å². The molecule has 100 valence electrons. The van der Waals surface area contributed by atoms with Crippen molar-refractivity contribution in [1.82, 2.24) is 4.90 Å². The van der Waals surface area contributed by atoms with E-state index in [-0.39, 0.29) is 0 Å². The molecule has 0 fully saturated rings. The van der Waals surface area contributed by atoms with Crippen LogP contribution >= 0.6 is 11.3 Å². The number of benzene rings is 1. The Morgan fingerprint density at radius 3 is 2.89 bits per heavy atom. The van der Waals surface area contributed by atoms with Gasteiger partial charge in [-0.1, -0.05) is 30.3 Å². The van der Waals surface area contributed by atoms with E-state index in [9.17, 15) is 5.11 Å². The molecule has 1 N–H and O–H groups in total. The van der Waals surface area contributed by atoms with Gasteiger partial charge in [0.15, 0.2) is 0 Å². The highest BCUT2D eigenvalue weighted by atomic mass is 32.1. The fourth-order valence-electron chi connectivity index (χ4n) is 2.81. The molecule has 1 aromatic heterocycles. The van der Waals surface area contributed by atoms with Gasteiger partial charge < -0.3 is 5.11 Å². The minimum Gasteiger partial charge on any atom is -0.387 e. The molecule has 2 atom stereocenters. The first kappa shape index (κ1) is 12.9. The van der Waals surface area contributed by atoms with Crippen LogP contribution in [0.3, 0.4) is 0 Å². The summed E-state index contributed by atoms with van der Waals surface area (Å²) in [4.78, 5) is 3.89. The molecular weight excluding hydrogens is 254 g/mol. The van der Waals surface area contributed by atoms with Crippen LogP contribution in [-0.2, 0) is 6.42 Å². The van der Waals surface area contributed by atoms with Crippen LogP contribution in [-0.4, -0.2) is 23.1 Å². The van der Waals surface area contributed by atoms with Crippen LogP contribution < -0.4 is 0 Å². The Morgan fingerprint density at radius 1 is 1.32 bits per heavy atom. The molecule has 0 radical (unpaired) electrons. The van der Waals surface area contributed by atoms with E-state index >= 15 is 0 Å². The molecule has 0 bridgehead atoms. The summed E-state index contributed by atoms with van der Waals surface area (Å²) in [6, 6.07) is 12.6. The second kappa shape index (κ2) is 5.45. The van der Waals surface area contributed by atoms with Crippen LogP contribution in [0.5, 0.6) is 0 Å². The highest BCUT2D eigenvalue weighted by molar-refractivity contribution is 7.10. The zero-order valence-electron chi connectivity index (χ0n) is 11.1. The van der Waals surface area contributed by atoms with Gasteiger partial charge in [0.1, 0.15) is 0 Å². The largest absolute Gasteiger partial charge is 0.387 e. The van der Waals surface area contributed by atoms with Gasteiger partial charge in [-0.3, -0.25) is 4.90 Å². The van der Waals surface area contributed by atoms with Crippen molar-refractivity contribution in [2.24, 2.45) is 0 Å². The number of fused-ring (bicyclic) bond motifs is 1. The van der Waals surface area contributed by atoms with Gasteiger partial charge in [-0.05, 0) is 35.9 Å². The van der Waals surface area contributed by atoms with Crippen molar-refractivity contribution in [1.29, 1.82) is 0 Å². The van der Waals surface area contributed by atoms with Crippen LogP contribution in [0.25, 0.3) is 0 Å². The molecule has 1 aromatic carbocycles. The number of thiophene rings is 1. The molecule has 2 heterocycles. The van der Waals surface area contributed by atoms with E-state index in [2.05, 4.69) is 23.3 Å². The van der Waals surface area contributed by atoms with Gasteiger partial charge in [-0.25, -0.2) is 0 Å². The van der Waals surface area contributed by atoms with Crippen molar-refractivity contribution in [2.45, 2.75) is 25.5 Å². The Kier molecular flexibility index (Phi) is 3.69. The van der Waals surface area contributed by atoms with Gasteiger partial charge in [0, 0.05) is 24.0 Å². The van der Waals surface area contributed by atoms with E-state index in [1.807, 2.05) is 41.7 Å². The lowest BCUT2D eigenvalue weighted by molar-refractivity contribution is 0.0871. The molecule has 19 heavy (non-hydrogen) atoms. The Hall–Kier alpha value is -1.16. The second-order valence-corrected chi connectivity index (χ2v) is 6.15. The first-order valence-corrected chi connectivity index (χ1v) is 7.67. The minimum absolute atomic E-state index is 0.399. The van der Waals surface area contributed by atoms with Crippen molar-refractivity contribution < 1.29 is 5.11 Å². The van der Waals surface area contributed by atoms with Crippen molar-refractivity contribution >= 4 is 11.3 Å². The molecule has 0 saturated heterocycles. The smallest absolute Gasteiger partial charge is 0.0917 e. The van der Waals surface area contributed by atoms with Crippen LogP contribution in [0.15, 0.2) is 41.8 Å². The third-order valence-corrected chi connectivity index (χ3v) is 4.99. The summed E-state index contributed by atoms with van der Waals surface area (Å²) in [6.07, 6.45) is 0.711. The number of β-amino-alcohol motifs (C(OH)–C–C–N with tert-alkyl or cyclic N) is 1. The van der Waals surface area contributed by atoms with Crippen molar-refractivity contribution in [3.8, 4) is 0 Å². The number of aliphatic hydroxyl groups is 1. The first-order chi connectivity index (χ1) is 9.25. The van der Waals surface area contributed by atoms with Crippen LogP contribution in [0, 0.1) is 0 Å². The number of hydrogen-bond donors (Lipinski definition) is 1. The number of nitrogens with zero attached hydrogens (tertiary/aromatic N) is 1. The predicted octanol–water partition coefficient (Wildman–Crippen LogP) is 3.40. The molecule has 0 spiro atoms. The molecule has 0 saturated carbocycles. The van der Waals surface area contributed by atoms with Gasteiger partial charge in [0.2, 0.25) is 0 Å². The highest BCUT2D eigenvalue weighted by Gasteiger charge is 2.26. The summed E-state index contributed by atoms with van der Waals surface area (Å²) in [5.41, 5.74) is 2.45. The molecule has 0 amide bonds. The fourth-order valence-corrected chi connectivity index (χ4v) is 3.78.